The monoisotopic (exact) mass is 232 g/mol. The van der Waals surface area contributed by atoms with Crippen LogP contribution in [0.15, 0.2) is 48.5 Å². The fraction of sp³-hybridized carbons (Fsp3) is 0. The minimum absolute atomic E-state index is 0.109. The summed E-state index contributed by atoms with van der Waals surface area (Å²) in [6, 6.07) is 12.9. The second kappa shape index (κ2) is 4.37. The van der Waals surface area contributed by atoms with Gasteiger partial charge in [-0.3, -0.25) is 4.79 Å². The van der Waals surface area contributed by atoms with Gasteiger partial charge >= 0.3 is 0 Å². The molecule has 80 valence electrons. The lowest BCUT2D eigenvalue weighted by molar-refractivity contribution is 0.103. The predicted molar refractivity (Wildman–Crippen MR) is 63.0 cm³/mol. The van der Waals surface area contributed by atoms with Crippen molar-refractivity contribution in [3.05, 3.63) is 64.7 Å². The molecular weight excluding hydrogens is 224 g/mol. The molecule has 1 N–H and O–H groups in total. The van der Waals surface area contributed by atoms with Crippen LogP contribution in [0.5, 0.6) is 5.75 Å². The molecule has 0 radical (unpaired) electrons. The first-order valence-corrected chi connectivity index (χ1v) is 5.14. The van der Waals surface area contributed by atoms with E-state index in [1.165, 1.54) is 12.1 Å². The number of hydrogen-bond acceptors (Lipinski definition) is 2. The standard InChI is InChI=1S/C13H9ClO2/c14-11-3-1-2-10(8-11)13(16)9-4-6-12(15)7-5-9/h1-8,15H. The largest absolute Gasteiger partial charge is 0.508 e. The molecule has 3 heteroatoms. The average Bonchev–Trinajstić information content (AvgIpc) is 2.29. The molecule has 0 aliphatic carbocycles. The number of carbonyl (C=O) groups is 1. The molecule has 0 spiro atoms. The van der Waals surface area contributed by atoms with E-state index in [-0.39, 0.29) is 11.5 Å². The fourth-order valence-corrected chi connectivity index (χ4v) is 1.60. The Balaban J connectivity index is 2.35. The maximum Gasteiger partial charge on any atom is 0.193 e. The molecule has 2 nitrogen and oxygen atoms in total. The van der Waals surface area contributed by atoms with Gasteiger partial charge in [-0.2, -0.15) is 0 Å². The Hall–Kier alpha value is -1.80. The van der Waals surface area contributed by atoms with Crippen molar-refractivity contribution in [2.75, 3.05) is 0 Å². The van der Waals surface area contributed by atoms with Crippen molar-refractivity contribution < 1.29 is 9.90 Å². The number of phenols is 1. The van der Waals surface area contributed by atoms with Gasteiger partial charge in [-0.1, -0.05) is 23.7 Å². The van der Waals surface area contributed by atoms with Crippen LogP contribution >= 0.6 is 11.6 Å². The van der Waals surface area contributed by atoms with Crippen LogP contribution in [0.3, 0.4) is 0 Å². The maximum absolute atomic E-state index is 12.0. The lowest BCUT2D eigenvalue weighted by Crippen LogP contribution is -2.00. The number of ketones is 1. The zero-order valence-electron chi connectivity index (χ0n) is 8.35. The summed E-state index contributed by atoms with van der Waals surface area (Å²) in [5, 5.41) is 9.65. The summed E-state index contributed by atoms with van der Waals surface area (Å²) in [6.07, 6.45) is 0. The van der Waals surface area contributed by atoms with E-state index in [0.29, 0.717) is 16.1 Å². The summed E-state index contributed by atoms with van der Waals surface area (Å²) in [7, 11) is 0. The Morgan fingerprint density at radius 2 is 1.69 bits per heavy atom. The zero-order chi connectivity index (χ0) is 11.5. The molecule has 0 unspecified atom stereocenters. The molecule has 0 fully saturated rings. The fourth-order valence-electron chi connectivity index (χ4n) is 1.41. The molecule has 0 bridgehead atoms. The van der Waals surface area contributed by atoms with E-state index < -0.39 is 0 Å². The van der Waals surface area contributed by atoms with Crippen LogP contribution in [-0.4, -0.2) is 10.9 Å². The second-order valence-electron chi connectivity index (χ2n) is 3.39. The summed E-state index contributed by atoms with van der Waals surface area (Å²) in [5.41, 5.74) is 1.07. The molecule has 0 saturated carbocycles. The van der Waals surface area contributed by atoms with Crippen molar-refractivity contribution in [1.82, 2.24) is 0 Å². The molecule has 0 heterocycles. The molecule has 0 amide bonds. The summed E-state index contributed by atoms with van der Waals surface area (Å²) in [5.74, 6) is 0.0325. The smallest absolute Gasteiger partial charge is 0.193 e. The Bertz CT molecular complexity index is 518. The van der Waals surface area contributed by atoms with Crippen LogP contribution in [0.2, 0.25) is 5.02 Å². The first-order chi connectivity index (χ1) is 7.66. The minimum atomic E-state index is -0.109. The molecule has 2 aromatic rings. The van der Waals surface area contributed by atoms with Gasteiger partial charge in [0.05, 0.1) is 0 Å². The van der Waals surface area contributed by atoms with E-state index in [1.807, 2.05) is 0 Å². The maximum atomic E-state index is 12.0. The van der Waals surface area contributed by atoms with Gasteiger partial charge in [-0.05, 0) is 36.4 Å². The highest BCUT2D eigenvalue weighted by atomic mass is 35.5. The lowest BCUT2D eigenvalue weighted by Gasteiger charge is -2.01. The Labute approximate surface area is 98.1 Å². The Kier molecular flexibility index (Phi) is 2.93. The third-order valence-electron chi connectivity index (χ3n) is 2.22. The van der Waals surface area contributed by atoms with Crippen LogP contribution in [0.25, 0.3) is 0 Å². The van der Waals surface area contributed by atoms with Crippen LogP contribution in [0.1, 0.15) is 15.9 Å². The van der Waals surface area contributed by atoms with E-state index in [0.717, 1.165) is 0 Å². The number of rotatable bonds is 2. The molecule has 0 aromatic heterocycles. The molecule has 0 atom stereocenters. The molecule has 0 aliphatic heterocycles. The first-order valence-electron chi connectivity index (χ1n) is 4.76. The Morgan fingerprint density at radius 3 is 2.31 bits per heavy atom. The molecule has 2 aromatic carbocycles. The summed E-state index contributed by atoms with van der Waals surface area (Å²) >= 11 is 5.81. The molecule has 0 saturated heterocycles. The van der Waals surface area contributed by atoms with Crippen LogP contribution in [0.4, 0.5) is 0 Å². The summed E-state index contributed by atoms with van der Waals surface area (Å²) < 4.78 is 0. The van der Waals surface area contributed by atoms with E-state index in [2.05, 4.69) is 0 Å². The van der Waals surface area contributed by atoms with Crippen LogP contribution in [0, 0.1) is 0 Å². The number of phenolic OH excluding ortho intramolecular Hbond substituents is 1. The highest BCUT2D eigenvalue weighted by molar-refractivity contribution is 6.31. The third-order valence-corrected chi connectivity index (χ3v) is 2.45. The lowest BCUT2D eigenvalue weighted by atomic mass is 10.0. The van der Waals surface area contributed by atoms with Crippen molar-refractivity contribution in [2.24, 2.45) is 0 Å². The number of benzene rings is 2. The molecule has 2 rings (SSSR count). The number of halogens is 1. The van der Waals surface area contributed by atoms with Gasteiger partial charge in [0, 0.05) is 16.1 Å². The normalized spacial score (nSPS) is 10.1. The van der Waals surface area contributed by atoms with Gasteiger partial charge < -0.3 is 5.11 Å². The van der Waals surface area contributed by atoms with Gasteiger partial charge in [0.15, 0.2) is 5.78 Å². The summed E-state index contributed by atoms with van der Waals surface area (Å²) in [6.45, 7) is 0. The number of hydrogen-bond donors (Lipinski definition) is 1. The number of aromatic hydroxyl groups is 1. The minimum Gasteiger partial charge on any atom is -0.508 e. The number of carbonyl (C=O) groups excluding carboxylic acids is 1. The molecule has 16 heavy (non-hydrogen) atoms. The highest BCUT2D eigenvalue weighted by Crippen LogP contribution is 2.16. The van der Waals surface area contributed by atoms with Gasteiger partial charge in [0.1, 0.15) is 5.75 Å². The van der Waals surface area contributed by atoms with E-state index in [1.54, 1.807) is 36.4 Å². The van der Waals surface area contributed by atoms with E-state index in [9.17, 15) is 4.79 Å². The van der Waals surface area contributed by atoms with Gasteiger partial charge in [-0.25, -0.2) is 0 Å². The first kappa shape index (κ1) is 10.7. The van der Waals surface area contributed by atoms with Gasteiger partial charge in [0.25, 0.3) is 0 Å². The van der Waals surface area contributed by atoms with E-state index >= 15 is 0 Å². The SMILES string of the molecule is O=C(c1ccc(O)cc1)c1cccc(Cl)c1. The quantitative estimate of drug-likeness (QED) is 0.807. The van der Waals surface area contributed by atoms with Gasteiger partial charge in [-0.15, -0.1) is 0 Å². The van der Waals surface area contributed by atoms with Crippen LogP contribution in [-0.2, 0) is 0 Å². The second-order valence-corrected chi connectivity index (χ2v) is 3.82. The molecular formula is C13H9ClO2. The third kappa shape index (κ3) is 2.23. The molecule has 0 aliphatic rings. The van der Waals surface area contributed by atoms with Crippen LogP contribution < -0.4 is 0 Å². The Morgan fingerprint density at radius 1 is 1.00 bits per heavy atom. The average molecular weight is 233 g/mol. The van der Waals surface area contributed by atoms with Crippen molar-refractivity contribution >= 4 is 17.4 Å². The van der Waals surface area contributed by atoms with Crippen molar-refractivity contribution in [3.8, 4) is 5.75 Å². The summed E-state index contributed by atoms with van der Waals surface area (Å²) in [4.78, 5) is 12.0. The van der Waals surface area contributed by atoms with Crippen molar-refractivity contribution in [1.29, 1.82) is 0 Å². The van der Waals surface area contributed by atoms with Gasteiger partial charge in [0.2, 0.25) is 0 Å². The van der Waals surface area contributed by atoms with Crippen molar-refractivity contribution in [3.63, 3.8) is 0 Å². The van der Waals surface area contributed by atoms with E-state index in [4.69, 9.17) is 16.7 Å². The highest BCUT2D eigenvalue weighted by Gasteiger charge is 2.08. The zero-order valence-corrected chi connectivity index (χ0v) is 9.11. The predicted octanol–water partition coefficient (Wildman–Crippen LogP) is 3.28. The topological polar surface area (TPSA) is 37.3 Å². The van der Waals surface area contributed by atoms with Crippen molar-refractivity contribution in [2.45, 2.75) is 0 Å².